The lowest BCUT2D eigenvalue weighted by Crippen LogP contribution is -2.12. The molecule has 3 heteroatoms. The molecule has 0 spiro atoms. The van der Waals surface area contributed by atoms with Gasteiger partial charge in [-0.3, -0.25) is 0 Å². The van der Waals surface area contributed by atoms with Gasteiger partial charge in [0.05, 0.1) is 0 Å². The van der Waals surface area contributed by atoms with E-state index in [0.29, 0.717) is 12.1 Å². The molecule has 94 valence electrons. The van der Waals surface area contributed by atoms with E-state index in [1.165, 1.54) is 6.07 Å². The quantitative estimate of drug-likeness (QED) is 0.867. The lowest BCUT2D eigenvalue weighted by Gasteiger charge is -2.10. The van der Waals surface area contributed by atoms with Gasteiger partial charge in [-0.25, -0.2) is 8.78 Å². The first-order valence-corrected chi connectivity index (χ1v) is 5.96. The van der Waals surface area contributed by atoms with Crippen LogP contribution in [-0.2, 0) is 6.54 Å². The highest BCUT2D eigenvalue weighted by Crippen LogP contribution is 2.25. The summed E-state index contributed by atoms with van der Waals surface area (Å²) in [6.07, 6.45) is 0. The van der Waals surface area contributed by atoms with Crippen LogP contribution in [0.15, 0.2) is 42.5 Å². The van der Waals surface area contributed by atoms with Gasteiger partial charge >= 0.3 is 0 Å². The highest BCUT2D eigenvalue weighted by atomic mass is 19.2. The zero-order chi connectivity index (χ0) is 13.0. The van der Waals surface area contributed by atoms with Crippen LogP contribution in [0.2, 0.25) is 0 Å². The van der Waals surface area contributed by atoms with Gasteiger partial charge in [-0.1, -0.05) is 37.3 Å². The summed E-state index contributed by atoms with van der Waals surface area (Å²) in [4.78, 5) is 0. The SMILES string of the molecule is CCNCc1ccccc1-c1ccc(F)c(F)c1. The average molecular weight is 247 g/mol. The average Bonchev–Trinajstić information content (AvgIpc) is 2.40. The molecular formula is C15H15F2N. The molecule has 2 rings (SSSR count). The minimum Gasteiger partial charge on any atom is -0.313 e. The minimum absolute atomic E-state index is 0.697. The van der Waals surface area contributed by atoms with Gasteiger partial charge in [0.15, 0.2) is 11.6 Å². The summed E-state index contributed by atoms with van der Waals surface area (Å²) in [6, 6.07) is 11.7. The van der Waals surface area contributed by atoms with Crippen molar-refractivity contribution in [2.75, 3.05) is 6.54 Å². The third kappa shape index (κ3) is 2.74. The van der Waals surface area contributed by atoms with Crippen molar-refractivity contribution in [1.82, 2.24) is 5.32 Å². The molecule has 0 aliphatic rings. The van der Waals surface area contributed by atoms with Crippen molar-refractivity contribution in [2.24, 2.45) is 0 Å². The van der Waals surface area contributed by atoms with Gasteiger partial charge in [0, 0.05) is 6.54 Å². The molecular weight excluding hydrogens is 232 g/mol. The van der Waals surface area contributed by atoms with E-state index in [-0.39, 0.29) is 0 Å². The van der Waals surface area contributed by atoms with Gasteiger partial charge in [-0.15, -0.1) is 0 Å². The Kier molecular flexibility index (Phi) is 4.05. The van der Waals surface area contributed by atoms with Gasteiger partial charge in [0.2, 0.25) is 0 Å². The largest absolute Gasteiger partial charge is 0.313 e. The first kappa shape index (κ1) is 12.7. The van der Waals surface area contributed by atoms with Crippen LogP contribution in [0.25, 0.3) is 11.1 Å². The normalized spacial score (nSPS) is 10.6. The van der Waals surface area contributed by atoms with Crippen LogP contribution in [0.1, 0.15) is 12.5 Å². The summed E-state index contributed by atoms with van der Waals surface area (Å²) >= 11 is 0. The van der Waals surface area contributed by atoms with E-state index in [1.54, 1.807) is 6.07 Å². The van der Waals surface area contributed by atoms with Crippen molar-refractivity contribution in [2.45, 2.75) is 13.5 Å². The Morgan fingerprint density at radius 3 is 2.50 bits per heavy atom. The maximum Gasteiger partial charge on any atom is 0.159 e. The van der Waals surface area contributed by atoms with Crippen LogP contribution in [0.3, 0.4) is 0 Å². The van der Waals surface area contributed by atoms with Crippen molar-refractivity contribution in [3.05, 3.63) is 59.7 Å². The third-order valence-corrected chi connectivity index (χ3v) is 2.81. The Hall–Kier alpha value is -1.74. The van der Waals surface area contributed by atoms with Gasteiger partial charge in [0.1, 0.15) is 0 Å². The maximum absolute atomic E-state index is 13.3. The fourth-order valence-electron chi connectivity index (χ4n) is 1.88. The molecule has 0 aromatic heterocycles. The van der Waals surface area contributed by atoms with E-state index >= 15 is 0 Å². The van der Waals surface area contributed by atoms with Crippen LogP contribution < -0.4 is 5.32 Å². The molecule has 0 saturated carbocycles. The van der Waals surface area contributed by atoms with Crippen molar-refractivity contribution in [3.63, 3.8) is 0 Å². The van der Waals surface area contributed by atoms with E-state index in [1.807, 2.05) is 31.2 Å². The fourth-order valence-corrected chi connectivity index (χ4v) is 1.88. The number of benzene rings is 2. The van der Waals surface area contributed by atoms with Gasteiger partial charge in [-0.2, -0.15) is 0 Å². The number of halogens is 2. The molecule has 0 unspecified atom stereocenters. The Balaban J connectivity index is 2.39. The summed E-state index contributed by atoms with van der Waals surface area (Å²) in [5.74, 6) is -1.63. The molecule has 1 nitrogen and oxygen atoms in total. The molecule has 2 aromatic carbocycles. The second kappa shape index (κ2) is 5.74. The van der Waals surface area contributed by atoms with Crippen LogP contribution in [0.5, 0.6) is 0 Å². The third-order valence-electron chi connectivity index (χ3n) is 2.81. The number of hydrogen-bond acceptors (Lipinski definition) is 1. The fraction of sp³-hybridized carbons (Fsp3) is 0.200. The monoisotopic (exact) mass is 247 g/mol. The first-order chi connectivity index (χ1) is 8.72. The first-order valence-electron chi connectivity index (χ1n) is 5.96. The molecule has 1 N–H and O–H groups in total. The summed E-state index contributed by atoms with van der Waals surface area (Å²) < 4.78 is 26.2. The van der Waals surface area contributed by atoms with Crippen molar-refractivity contribution >= 4 is 0 Å². The summed E-state index contributed by atoms with van der Waals surface area (Å²) in [6.45, 7) is 3.61. The lowest BCUT2D eigenvalue weighted by atomic mass is 9.99. The van der Waals surface area contributed by atoms with E-state index in [2.05, 4.69) is 5.32 Å². The molecule has 2 aromatic rings. The second-order valence-electron chi connectivity index (χ2n) is 4.07. The van der Waals surface area contributed by atoms with Crippen LogP contribution in [0, 0.1) is 11.6 Å². The molecule has 18 heavy (non-hydrogen) atoms. The summed E-state index contributed by atoms with van der Waals surface area (Å²) in [5, 5.41) is 3.23. The molecule has 0 bridgehead atoms. The molecule has 0 aliphatic heterocycles. The Labute approximate surface area is 105 Å². The zero-order valence-electron chi connectivity index (χ0n) is 10.2. The van der Waals surface area contributed by atoms with Crippen LogP contribution >= 0.6 is 0 Å². The van der Waals surface area contributed by atoms with E-state index < -0.39 is 11.6 Å². The zero-order valence-corrected chi connectivity index (χ0v) is 10.2. The molecule has 0 atom stereocenters. The van der Waals surface area contributed by atoms with E-state index in [0.717, 1.165) is 23.7 Å². The standard InChI is InChI=1S/C15H15F2N/c1-2-18-10-12-5-3-4-6-13(12)11-7-8-14(16)15(17)9-11/h3-9,18H,2,10H2,1H3. The Morgan fingerprint density at radius 1 is 1.00 bits per heavy atom. The highest BCUT2D eigenvalue weighted by Gasteiger charge is 2.07. The molecule has 0 heterocycles. The summed E-state index contributed by atoms with van der Waals surface area (Å²) in [5.41, 5.74) is 2.70. The number of hydrogen-bond donors (Lipinski definition) is 1. The molecule has 0 aliphatic carbocycles. The van der Waals surface area contributed by atoms with Crippen LogP contribution in [-0.4, -0.2) is 6.54 Å². The van der Waals surface area contributed by atoms with Gasteiger partial charge in [0.25, 0.3) is 0 Å². The minimum atomic E-state index is -0.817. The maximum atomic E-state index is 13.3. The predicted molar refractivity (Wildman–Crippen MR) is 69.2 cm³/mol. The molecule has 0 radical (unpaired) electrons. The lowest BCUT2D eigenvalue weighted by molar-refractivity contribution is 0.509. The topological polar surface area (TPSA) is 12.0 Å². The second-order valence-corrected chi connectivity index (χ2v) is 4.07. The van der Waals surface area contributed by atoms with Crippen molar-refractivity contribution in [1.29, 1.82) is 0 Å². The van der Waals surface area contributed by atoms with Crippen molar-refractivity contribution < 1.29 is 8.78 Å². The smallest absolute Gasteiger partial charge is 0.159 e. The Bertz CT molecular complexity index is 538. The number of nitrogens with one attached hydrogen (secondary N) is 1. The molecule has 0 fully saturated rings. The predicted octanol–water partition coefficient (Wildman–Crippen LogP) is 3.74. The van der Waals surface area contributed by atoms with E-state index in [9.17, 15) is 8.78 Å². The van der Waals surface area contributed by atoms with Crippen LogP contribution in [0.4, 0.5) is 8.78 Å². The van der Waals surface area contributed by atoms with E-state index in [4.69, 9.17) is 0 Å². The summed E-state index contributed by atoms with van der Waals surface area (Å²) in [7, 11) is 0. The molecule has 0 saturated heterocycles. The van der Waals surface area contributed by atoms with Gasteiger partial charge in [-0.05, 0) is 35.4 Å². The van der Waals surface area contributed by atoms with Gasteiger partial charge < -0.3 is 5.32 Å². The number of rotatable bonds is 4. The Morgan fingerprint density at radius 2 is 1.78 bits per heavy atom. The molecule has 0 amide bonds. The highest BCUT2D eigenvalue weighted by molar-refractivity contribution is 5.67. The van der Waals surface area contributed by atoms with Crippen molar-refractivity contribution in [3.8, 4) is 11.1 Å².